The standard InChI is InChI=1S/C9H9F2NO3/c1-14-7-3-5(9(13)15-2)6(4-12-7)8(10)11/h3-4,8H,1-2H3. The Balaban J connectivity index is 3.22. The summed E-state index contributed by atoms with van der Waals surface area (Å²) in [6.07, 6.45) is -1.88. The van der Waals surface area contributed by atoms with Crippen molar-refractivity contribution in [3.05, 3.63) is 23.4 Å². The predicted molar refractivity (Wildman–Crippen MR) is 47.1 cm³/mol. The van der Waals surface area contributed by atoms with Gasteiger partial charge in [0.1, 0.15) is 0 Å². The molecule has 0 saturated heterocycles. The second-order valence-electron chi connectivity index (χ2n) is 2.61. The summed E-state index contributed by atoms with van der Waals surface area (Å²) in [4.78, 5) is 14.8. The highest BCUT2D eigenvalue weighted by molar-refractivity contribution is 5.91. The molecule has 0 amide bonds. The number of alkyl halides is 2. The van der Waals surface area contributed by atoms with Crippen molar-refractivity contribution >= 4 is 5.97 Å². The minimum atomic E-state index is -2.78. The molecule has 1 rings (SSSR count). The number of carbonyl (C=O) groups excluding carboxylic acids is 1. The Hall–Kier alpha value is -1.72. The van der Waals surface area contributed by atoms with Gasteiger partial charge in [0.2, 0.25) is 5.88 Å². The van der Waals surface area contributed by atoms with Crippen molar-refractivity contribution in [2.24, 2.45) is 0 Å². The Morgan fingerprint density at radius 1 is 1.47 bits per heavy atom. The normalized spacial score (nSPS) is 10.2. The smallest absolute Gasteiger partial charge is 0.338 e. The van der Waals surface area contributed by atoms with Crippen LogP contribution in [0, 0.1) is 0 Å². The summed E-state index contributed by atoms with van der Waals surface area (Å²) in [5, 5.41) is 0. The number of halogens is 2. The molecule has 0 atom stereocenters. The second kappa shape index (κ2) is 4.68. The largest absolute Gasteiger partial charge is 0.481 e. The quantitative estimate of drug-likeness (QED) is 0.724. The van der Waals surface area contributed by atoms with E-state index in [1.807, 2.05) is 0 Å². The van der Waals surface area contributed by atoms with Crippen LogP contribution in [0.2, 0.25) is 0 Å². The number of aromatic nitrogens is 1. The zero-order chi connectivity index (χ0) is 11.4. The predicted octanol–water partition coefficient (Wildman–Crippen LogP) is 1.81. The molecule has 0 radical (unpaired) electrons. The molecule has 0 aliphatic heterocycles. The van der Waals surface area contributed by atoms with Crippen LogP contribution in [0.15, 0.2) is 12.3 Å². The van der Waals surface area contributed by atoms with Crippen molar-refractivity contribution < 1.29 is 23.0 Å². The van der Waals surface area contributed by atoms with Crippen LogP contribution in [-0.4, -0.2) is 25.2 Å². The van der Waals surface area contributed by atoms with Gasteiger partial charge in [-0.2, -0.15) is 0 Å². The van der Waals surface area contributed by atoms with E-state index in [-0.39, 0.29) is 11.4 Å². The van der Waals surface area contributed by atoms with Crippen LogP contribution in [0.4, 0.5) is 8.78 Å². The van der Waals surface area contributed by atoms with Crippen molar-refractivity contribution in [1.82, 2.24) is 4.98 Å². The molecule has 0 aliphatic carbocycles. The molecule has 0 fully saturated rings. The summed E-state index contributed by atoms with van der Waals surface area (Å²) in [7, 11) is 2.44. The molecular formula is C9H9F2NO3. The molecule has 0 spiro atoms. The number of hydrogen-bond donors (Lipinski definition) is 0. The van der Waals surface area contributed by atoms with Crippen molar-refractivity contribution in [1.29, 1.82) is 0 Å². The number of esters is 1. The monoisotopic (exact) mass is 217 g/mol. The highest BCUT2D eigenvalue weighted by Crippen LogP contribution is 2.25. The number of methoxy groups -OCH3 is 2. The van der Waals surface area contributed by atoms with E-state index in [9.17, 15) is 13.6 Å². The lowest BCUT2D eigenvalue weighted by Gasteiger charge is -2.07. The lowest BCUT2D eigenvalue weighted by molar-refractivity contribution is 0.0588. The van der Waals surface area contributed by atoms with Crippen molar-refractivity contribution in [2.75, 3.05) is 14.2 Å². The highest BCUT2D eigenvalue weighted by atomic mass is 19.3. The molecular weight excluding hydrogens is 208 g/mol. The first-order chi connectivity index (χ1) is 7.10. The van der Waals surface area contributed by atoms with Gasteiger partial charge < -0.3 is 9.47 Å². The van der Waals surface area contributed by atoms with E-state index >= 15 is 0 Å². The molecule has 1 aromatic rings. The first-order valence-corrected chi connectivity index (χ1v) is 4.00. The molecule has 82 valence electrons. The lowest BCUT2D eigenvalue weighted by atomic mass is 10.1. The molecule has 15 heavy (non-hydrogen) atoms. The van der Waals surface area contributed by atoms with Crippen molar-refractivity contribution in [3.63, 3.8) is 0 Å². The molecule has 1 heterocycles. The first kappa shape index (κ1) is 11.4. The van der Waals surface area contributed by atoms with Gasteiger partial charge in [0, 0.05) is 12.3 Å². The van der Waals surface area contributed by atoms with Gasteiger partial charge in [-0.1, -0.05) is 0 Å². The van der Waals surface area contributed by atoms with Crippen LogP contribution in [0.1, 0.15) is 22.3 Å². The topological polar surface area (TPSA) is 48.4 Å². The second-order valence-corrected chi connectivity index (χ2v) is 2.61. The summed E-state index contributed by atoms with van der Waals surface area (Å²) < 4.78 is 34.0. The minimum absolute atomic E-state index is 0.0831. The third kappa shape index (κ3) is 2.39. The number of carbonyl (C=O) groups is 1. The molecule has 4 nitrogen and oxygen atoms in total. The number of hydrogen-bond acceptors (Lipinski definition) is 4. The maximum Gasteiger partial charge on any atom is 0.338 e. The van der Waals surface area contributed by atoms with Gasteiger partial charge in [-0.05, 0) is 0 Å². The maximum atomic E-state index is 12.5. The Kier molecular flexibility index (Phi) is 3.54. The van der Waals surface area contributed by atoms with E-state index in [2.05, 4.69) is 9.72 Å². The fourth-order valence-electron chi connectivity index (χ4n) is 1.02. The summed E-state index contributed by atoms with van der Waals surface area (Å²) >= 11 is 0. The Morgan fingerprint density at radius 2 is 2.13 bits per heavy atom. The fraction of sp³-hybridized carbons (Fsp3) is 0.333. The van der Waals surface area contributed by atoms with Crippen LogP contribution >= 0.6 is 0 Å². The van der Waals surface area contributed by atoms with Gasteiger partial charge in [0.05, 0.1) is 25.3 Å². The SMILES string of the molecule is COC(=O)c1cc(OC)ncc1C(F)F. The number of nitrogens with zero attached hydrogens (tertiary/aromatic N) is 1. The van der Waals surface area contributed by atoms with E-state index < -0.39 is 18.0 Å². The molecule has 0 aliphatic rings. The molecule has 0 N–H and O–H groups in total. The van der Waals surface area contributed by atoms with Crippen LogP contribution in [0.25, 0.3) is 0 Å². The molecule has 0 unspecified atom stereocenters. The van der Waals surface area contributed by atoms with E-state index in [1.165, 1.54) is 7.11 Å². The molecule has 0 aromatic carbocycles. The maximum absolute atomic E-state index is 12.5. The molecule has 0 bridgehead atoms. The van der Waals surface area contributed by atoms with Crippen LogP contribution in [0.3, 0.4) is 0 Å². The van der Waals surface area contributed by atoms with Crippen molar-refractivity contribution in [2.45, 2.75) is 6.43 Å². The van der Waals surface area contributed by atoms with Gasteiger partial charge in [0.25, 0.3) is 6.43 Å². The molecule has 0 saturated carbocycles. The van der Waals surface area contributed by atoms with Crippen molar-refractivity contribution in [3.8, 4) is 5.88 Å². The van der Waals surface area contributed by atoms with Gasteiger partial charge in [-0.3, -0.25) is 0 Å². The van der Waals surface area contributed by atoms with Gasteiger partial charge in [-0.15, -0.1) is 0 Å². The number of ether oxygens (including phenoxy) is 2. The summed E-state index contributed by atoms with van der Waals surface area (Å²) in [5.41, 5.74) is -0.706. The zero-order valence-corrected chi connectivity index (χ0v) is 8.16. The first-order valence-electron chi connectivity index (χ1n) is 4.00. The van der Waals surface area contributed by atoms with Gasteiger partial charge in [-0.25, -0.2) is 18.6 Å². The average Bonchev–Trinajstić information content (AvgIpc) is 2.26. The lowest BCUT2D eigenvalue weighted by Crippen LogP contribution is -2.07. The van der Waals surface area contributed by atoms with Gasteiger partial charge in [0.15, 0.2) is 0 Å². The molecule has 1 aromatic heterocycles. The van der Waals surface area contributed by atoms with E-state index in [1.54, 1.807) is 0 Å². The van der Waals surface area contributed by atoms with E-state index in [0.29, 0.717) is 0 Å². The Morgan fingerprint density at radius 3 is 2.60 bits per heavy atom. The van der Waals surface area contributed by atoms with E-state index in [0.717, 1.165) is 19.4 Å². The summed E-state index contributed by atoms with van der Waals surface area (Å²) in [6.45, 7) is 0. The van der Waals surface area contributed by atoms with E-state index in [4.69, 9.17) is 4.74 Å². The van der Waals surface area contributed by atoms with Crippen LogP contribution < -0.4 is 4.74 Å². The van der Waals surface area contributed by atoms with Crippen LogP contribution in [0.5, 0.6) is 5.88 Å². The highest BCUT2D eigenvalue weighted by Gasteiger charge is 2.20. The Labute approximate surface area is 84.8 Å². The summed E-state index contributed by atoms with van der Waals surface area (Å²) in [6, 6.07) is 1.12. The number of rotatable bonds is 3. The van der Waals surface area contributed by atoms with Gasteiger partial charge >= 0.3 is 5.97 Å². The average molecular weight is 217 g/mol. The third-order valence-electron chi connectivity index (χ3n) is 1.76. The zero-order valence-electron chi connectivity index (χ0n) is 8.16. The third-order valence-corrected chi connectivity index (χ3v) is 1.76. The van der Waals surface area contributed by atoms with Crippen LogP contribution in [-0.2, 0) is 4.74 Å². The minimum Gasteiger partial charge on any atom is -0.481 e. The molecule has 6 heteroatoms. The summed E-state index contributed by atoms with van der Waals surface area (Å²) in [5.74, 6) is -0.759. The fourth-order valence-corrected chi connectivity index (χ4v) is 1.02. The number of pyridine rings is 1. The Bertz CT molecular complexity index is 368.